The first-order chi connectivity index (χ1) is 17.5. The molecule has 0 saturated carbocycles. The molecule has 36 heavy (non-hydrogen) atoms. The molecule has 7 heteroatoms. The SMILES string of the molecule is COCCCOc1cc(C[C@@H](CC2CNC[C@H]2NC(=O)OCc2ccccc2)C(C)C)ccc1OC. The van der Waals surface area contributed by atoms with Crippen LogP contribution in [0.2, 0.25) is 0 Å². The van der Waals surface area contributed by atoms with Gasteiger partial charge in [0.05, 0.1) is 13.7 Å². The second kappa shape index (κ2) is 14.7. The smallest absolute Gasteiger partial charge is 0.407 e. The molecule has 3 rings (SSSR count). The molecule has 1 fully saturated rings. The van der Waals surface area contributed by atoms with Crippen molar-refractivity contribution < 1.29 is 23.7 Å². The lowest BCUT2D eigenvalue weighted by Gasteiger charge is -2.28. The van der Waals surface area contributed by atoms with Crippen molar-refractivity contribution in [1.82, 2.24) is 10.6 Å². The minimum Gasteiger partial charge on any atom is -0.493 e. The van der Waals surface area contributed by atoms with Crippen LogP contribution in [0.4, 0.5) is 4.79 Å². The first-order valence-electron chi connectivity index (χ1n) is 13.0. The van der Waals surface area contributed by atoms with Crippen LogP contribution in [0.3, 0.4) is 0 Å². The number of nitrogens with one attached hydrogen (secondary N) is 2. The van der Waals surface area contributed by atoms with Gasteiger partial charge in [-0.25, -0.2) is 4.79 Å². The predicted octanol–water partition coefficient (Wildman–Crippen LogP) is 4.83. The number of ether oxygens (including phenoxy) is 4. The molecule has 0 aliphatic carbocycles. The lowest BCUT2D eigenvalue weighted by atomic mass is 9.80. The third-order valence-corrected chi connectivity index (χ3v) is 6.88. The summed E-state index contributed by atoms with van der Waals surface area (Å²) in [5, 5.41) is 6.54. The van der Waals surface area contributed by atoms with Gasteiger partial charge in [0.15, 0.2) is 11.5 Å². The van der Waals surface area contributed by atoms with Crippen LogP contribution in [0.1, 0.15) is 37.8 Å². The zero-order valence-electron chi connectivity index (χ0n) is 22.1. The van der Waals surface area contributed by atoms with Gasteiger partial charge in [-0.05, 0) is 53.9 Å². The number of amides is 1. The van der Waals surface area contributed by atoms with E-state index in [0.717, 1.165) is 49.4 Å². The fourth-order valence-corrected chi connectivity index (χ4v) is 4.69. The van der Waals surface area contributed by atoms with Gasteiger partial charge in [0.25, 0.3) is 0 Å². The lowest BCUT2D eigenvalue weighted by Crippen LogP contribution is -2.41. The van der Waals surface area contributed by atoms with Crippen LogP contribution in [0.25, 0.3) is 0 Å². The number of carbonyl (C=O) groups excluding carboxylic acids is 1. The molecule has 2 N–H and O–H groups in total. The predicted molar refractivity (Wildman–Crippen MR) is 142 cm³/mol. The molecule has 1 aliphatic heterocycles. The standard InChI is InChI=1S/C29H42N2O5/c1-21(2)24(15-23-11-12-27(34-4)28(16-23)35-14-8-13-33-3)17-25-18-30-19-26(25)31-29(32)36-20-22-9-6-5-7-10-22/h5-7,9-12,16,21,24-26,30H,8,13-15,17-20H2,1-4H3,(H,31,32)/t24-,25?,26+/m0/s1. The molecule has 1 aliphatic rings. The highest BCUT2D eigenvalue weighted by molar-refractivity contribution is 5.67. The second-order valence-corrected chi connectivity index (χ2v) is 9.85. The van der Waals surface area contributed by atoms with Crippen molar-refractivity contribution in [3.05, 3.63) is 59.7 Å². The summed E-state index contributed by atoms with van der Waals surface area (Å²) < 4.78 is 22.1. The Labute approximate surface area is 215 Å². The minimum absolute atomic E-state index is 0.0602. The Kier molecular flexibility index (Phi) is 11.4. The fourth-order valence-electron chi connectivity index (χ4n) is 4.69. The summed E-state index contributed by atoms with van der Waals surface area (Å²) in [6.45, 7) is 7.73. The number of hydrogen-bond donors (Lipinski definition) is 2. The lowest BCUT2D eigenvalue weighted by molar-refractivity contribution is 0.132. The van der Waals surface area contributed by atoms with Crippen LogP contribution < -0.4 is 20.1 Å². The summed E-state index contributed by atoms with van der Waals surface area (Å²) in [6, 6.07) is 16.0. The van der Waals surface area contributed by atoms with Gasteiger partial charge >= 0.3 is 6.09 Å². The summed E-state index contributed by atoms with van der Waals surface area (Å²) in [6.07, 6.45) is 2.43. The maximum Gasteiger partial charge on any atom is 0.407 e. The summed E-state index contributed by atoms with van der Waals surface area (Å²) in [5.41, 5.74) is 2.21. The van der Waals surface area contributed by atoms with E-state index in [4.69, 9.17) is 18.9 Å². The van der Waals surface area contributed by atoms with Crippen LogP contribution in [0.5, 0.6) is 11.5 Å². The first-order valence-corrected chi connectivity index (χ1v) is 13.0. The molecule has 0 spiro atoms. The van der Waals surface area contributed by atoms with Gasteiger partial charge in [-0.15, -0.1) is 0 Å². The third kappa shape index (κ3) is 8.71. The number of hydrogen-bond acceptors (Lipinski definition) is 6. The number of carbonyl (C=O) groups is 1. The van der Waals surface area contributed by atoms with E-state index < -0.39 is 0 Å². The highest BCUT2D eigenvalue weighted by atomic mass is 16.5. The van der Waals surface area contributed by atoms with E-state index in [0.29, 0.717) is 31.0 Å². The number of methoxy groups -OCH3 is 2. The van der Waals surface area contributed by atoms with Gasteiger partial charge in [-0.1, -0.05) is 50.2 Å². The molecule has 1 saturated heterocycles. The van der Waals surface area contributed by atoms with Crippen molar-refractivity contribution in [2.75, 3.05) is 40.5 Å². The van der Waals surface area contributed by atoms with Gasteiger partial charge < -0.3 is 29.6 Å². The van der Waals surface area contributed by atoms with E-state index in [2.05, 4.69) is 36.6 Å². The molecule has 2 aromatic carbocycles. The van der Waals surface area contributed by atoms with Gasteiger partial charge in [-0.3, -0.25) is 0 Å². The molecule has 7 nitrogen and oxygen atoms in total. The van der Waals surface area contributed by atoms with Gasteiger partial charge in [0, 0.05) is 39.3 Å². The highest BCUT2D eigenvalue weighted by Gasteiger charge is 2.32. The van der Waals surface area contributed by atoms with Crippen LogP contribution in [0, 0.1) is 17.8 Å². The molecule has 1 amide bonds. The molecular weight excluding hydrogens is 456 g/mol. The van der Waals surface area contributed by atoms with E-state index >= 15 is 0 Å². The maximum atomic E-state index is 12.5. The van der Waals surface area contributed by atoms with E-state index in [9.17, 15) is 4.79 Å². The first kappa shape index (κ1) is 27.8. The molecule has 0 aromatic heterocycles. The Balaban J connectivity index is 1.57. The van der Waals surface area contributed by atoms with E-state index in [1.165, 1.54) is 5.56 Å². The quantitative estimate of drug-likeness (QED) is 0.363. The van der Waals surface area contributed by atoms with E-state index in [1.807, 2.05) is 36.4 Å². The van der Waals surface area contributed by atoms with Crippen molar-refractivity contribution in [2.45, 2.75) is 45.8 Å². The maximum absolute atomic E-state index is 12.5. The van der Waals surface area contributed by atoms with Crippen LogP contribution in [0.15, 0.2) is 48.5 Å². The molecule has 3 atom stereocenters. The second-order valence-electron chi connectivity index (χ2n) is 9.85. The third-order valence-electron chi connectivity index (χ3n) is 6.88. The monoisotopic (exact) mass is 498 g/mol. The average Bonchev–Trinajstić information content (AvgIpc) is 3.32. The molecule has 0 radical (unpaired) electrons. The Morgan fingerprint density at radius 3 is 2.56 bits per heavy atom. The van der Waals surface area contributed by atoms with Gasteiger partial charge in [-0.2, -0.15) is 0 Å². The van der Waals surface area contributed by atoms with Gasteiger partial charge in [0.1, 0.15) is 6.61 Å². The van der Waals surface area contributed by atoms with Crippen molar-refractivity contribution in [2.24, 2.45) is 17.8 Å². The Bertz CT molecular complexity index is 921. The summed E-state index contributed by atoms with van der Waals surface area (Å²) >= 11 is 0. The van der Waals surface area contributed by atoms with E-state index in [-0.39, 0.29) is 18.7 Å². The van der Waals surface area contributed by atoms with Crippen LogP contribution in [-0.4, -0.2) is 52.7 Å². The van der Waals surface area contributed by atoms with Crippen LogP contribution in [-0.2, 0) is 22.5 Å². The summed E-state index contributed by atoms with van der Waals surface area (Å²) in [5.74, 6) is 2.84. The van der Waals surface area contributed by atoms with Gasteiger partial charge in [0.2, 0.25) is 0 Å². The molecule has 0 bridgehead atoms. The van der Waals surface area contributed by atoms with Crippen molar-refractivity contribution in [3.8, 4) is 11.5 Å². The number of alkyl carbamates (subject to hydrolysis) is 1. The Morgan fingerprint density at radius 2 is 1.83 bits per heavy atom. The minimum atomic E-state index is -0.357. The zero-order valence-corrected chi connectivity index (χ0v) is 22.1. The Morgan fingerprint density at radius 1 is 1.03 bits per heavy atom. The molecule has 2 aromatic rings. The largest absolute Gasteiger partial charge is 0.493 e. The normalized spacial score (nSPS) is 18.1. The highest BCUT2D eigenvalue weighted by Crippen LogP contribution is 2.32. The fraction of sp³-hybridized carbons (Fsp3) is 0.552. The zero-order chi connectivity index (χ0) is 25.8. The number of rotatable bonds is 14. The molecule has 1 heterocycles. The molecular formula is C29H42N2O5. The molecule has 198 valence electrons. The average molecular weight is 499 g/mol. The van der Waals surface area contributed by atoms with Crippen molar-refractivity contribution >= 4 is 6.09 Å². The number of benzene rings is 2. The summed E-state index contributed by atoms with van der Waals surface area (Å²) in [7, 11) is 3.36. The van der Waals surface area contributed by atoms with Crippen LogP contribution >= 0.6 is 0 Å². The van der Waals surface area contributed by atoms with E-state index in [1.54, 1.807) is 14.2 Å². The topological polar surface area (TPSA) is 78.1 Å². The van der Waals surface area contributed by atoms with Crippen molar-refractivity contribution in [3.63, 3.8) is 0 Å². The molecule has 1 unspecified atom stereocenters. The van der Waals surface area contributed by atoms with Crippen molar-refractivity contribution in [1.29, 1.82) is 0 Å². The Hall–Kier alpha value is -2.77. The summed E-state index contributed by atoms with van der Waals surface area (Å²) in [4.78, 5) is 12.5.